The van der Waals surface area contributed by atoms with Crippen molar-refractivity contribution < 1.29 is 33.0 Å². The number of rotatable bonds is 9. The maximum absolute atomic E-state index is 13.1. The lowest BCUT2D eigenvalue weighted by molar-refractivity contribution is -0.148. The molecule has 0 spiro atoms. The Bertz CT molecular complexity index is 707. The van der Waals surface area contributed by atoms with E-state index in [1.807, 2.05) is 0 Å². The minimum absolute atomic E-state index is 0.0883. The van der Waals surface area contributed by atoms with Gasteiger partial charge in [0.1, 0.15) is 17.9 Å². The molecule has 3 atom stereocenters. The third-order valence-corrected chi connectivity index (χ3v) is 4.09. The van der Waals surface area contributed by atoms with Gasteiger partial charge in [0.25, 0.3) is 0 Å². The summed E-state index contributed by atoms with van der Waals surface area (Å²) in [5.41, 5.74) is 0.618. The highest BCUT2D eigenvalue weighted by Crippen LogP contribution is 2.12. The fourth-order valence-corrected chi connectivity index (χ4v) is 2.59. The molecule has 2 amide bonds. The molecular weight excluding hydrogens is 371 g/mol. The molecular formula is C19H25FN2O6. The van der Waals surface area contributed by atoms with Crippen molar-refractivity contribution in [1.82, 2.24) is 10.6 Å². The van der Waals surface area contributed by atoms with Crippen molar-refractivity contribution >= 4 is 23.8 Å². The van der Waals surface area contributed by atoms with Gasteiger partial charge in [0.2, 0.25) is 11.8 Å². The van der Waals surface area contributed by atoms with Crippen LogP contribution in [0.1, 0.15) is 25.8 Å². The first-order chi connectivity index (χ1) is 13.2. The van der Waals surface area contributed by atoms with Gasteiger partial charge in [-0.25, -0.2) is 9.18 Å². The van der Waals surface area contributed by atoms with Gasteiger partial charge in [0.15, 0.2) is 0 Å². The first-order valence-electron chi connectivity index (χ1n) is 8.64. The molecule has 0 aliphatic heterocycles. The second kappa shape index (κ2) is 11.0. The summed E-state index contributed by atoms with van der Waals surface area (Å²) in [6.07, 6.45) is -0.0235. The van der Waals surface area contributed by atoms with Gasteiger partial charge in [-0.15, -0.1) is 0 Å². The smallest absolute Gasteiger partial charge is 0.328 e. The molecule has 8 nitrogen and oxygen atoms in total. The zero-order chi connectivity index (χ0) is 21.3. The van der Waals surface area contributed by atoms with Crippen LogP contribution < -0.4 is 10.6 Å². The monoisotopic (exact) mass is 396 g/mol. The minimum atomic E-state index is -1.11. The Kier molecular flexibility index (Phi) is 9.07. The van der Waals surface area contributed by atoms with E-state index in [0.29, 0.717) is 5.56 Å². The Morgan fingerprint density at radius 3 is 2.14 bits per heavy atom. The van der Waals surface area contributed by atoms with Crippen molar-refractivity contribution in [3.8, 4) is 0 Å². The second-order valence-electron chi connectivity index (χ2n) is 6.35. The Balaban J connectivity index is 2.96. The van der Waals surface area contributed by atoms with Crippen molar-refractivity contribution in [2.24, 2.45) is 5.92 Å². The van der Waals surface area contributed by atoms with Crippen LogP contribution in [0.4, 0.5) is 4.39 Å². The fourth-order valence-electron chi connectivity index (χ4n) is 2.59. The van der Waals surface area contributed by atoms with Crippen LogP contribution >= 0.6 is 0 Å². The lowest BCUT2D eigenvalue weighted by atomic mass is 9.97. The summed E-state index contributed by atoms with van der Waals surface area (Å²) in [7, 11) is 2.38. The number of halogens is 1. The number of hydrogen-bond acceptors (Lipinski definition) is 6. The molecule has 1 aromatic rings. The Hall–Kier alpha value is -2.97. The van der Waals surface area contributed by atoms with Gasteiger partial charge in [-0.05, 0) is 23.6 Å². The SMILES string of the molecule is COC(=O)C[C@@H](C)[C@@H](NC(=O)[C@@H](Cc1ccc(F)cc1)NC(C)=O)C(=O)OC. The number of benzene rings is 1. The summed E-state index contributed by atoms with van der Waals surface area (Å²) in [4.78, 5) is 47.8. The summed E-state index contributed by atoms with van der Waals surface area (Å²) in [6.45, 7) is 2.84. The minimum Gasteiger partial charge on any atom is -0.469 e. The van der Waals surface area contributed by atoms with E-state index in [0.717, 1.165) is 7.11 Å². The number of ether oxygens (including phenoxy) is 2. The van der Waals surface area contributed by atoms with E-state index in [-0.39, 0.29) is 12.8 Å². The number of carbonyl (C=O) groups excluding carboxylic acids is 4. The Morgan fingerprint density at radius 1 is 1.04 bits per heavy atom. The van der Waals surface area contributed by atoms with Crippen LogP contribution in [-0.4, -0.2) is 50.1 Å². The van der Waals surface area contributed by atoms with Gasteiger partial charge < -0.3 is 20.1 Å². The molecule has 2 N–H and O–H groups in total. The molecule has 0 aromatic heterocycles. The van der Waals surface area contributed by atoms with Gasteiger partial charge in [-0.2, -0.15) is 0 Å². The number of hydrogen-bond donors (Lipinski definition) is 2. The third-order valence-electron chi connectivity index (χ3n) is 4.09. The average Bonchev–Trinajstić information content (AvgIpc) is 2.65. The first kappa shape index (κ1) is 23.1. The van der Waals surface area contributed by atoms with Crippen molar-refractivity contribution in [2.45, 2.75) is 38.8 Å². The molecule has 0 aliphatic rings. The van der Waals surface area contributed by atoms with Crippen LogP contribution in [0, 0.1) is 11.7 Å². The molecule has 0 aliphatic carbocycles. The van der Waals surface area contributed by atoms with E-state index in [1.54, 1.807) is 6.92 Å². The zero-order valence-corrected chi connectivity index (χ0v) is 16.3. The lowest BCUT2D eigenvalue weighted by Crippen LogP contribution is -2.54. The van der Waals surface area contributed by atoms with E-state index in [2.05, 4.69) is 15.4 Å². The Labute approximate surface area is 162 Å². The predicted octanol–water partition coefficient (Wildman–Crippen LogP) is 0.730. The van der Waals surface area contributed by atoms with Gasteiger partial charge >= 0.3 is 11.9 Å². The zero-order valence-electron chi connectivity index (χ0n) is 16.3. The molecule has 0 unspecified atom stereocenters. The number of carbonyl (C=O) groups is 4. The molecule has 0 fully saturated rings. The van der Waals surface area contributed by atoms with Crippen LogP contribution in [0.2, 0.25) is 0 Å². The summed E-state index contributed by atoms with van der Waals surface area (Å²) >= 11 is 0. The molecule has 0 bridgehead atoms. The first-order valence-corrected chi connectivity index (χ1v) is 8.64. The van der Waals surface area contributed by atoms with Crippen LogP contribution in [0.15, 0.2) is 24.3 Å². The van der Waals surface area contributed by atoms with Crippen LogP contribution in [0.5, 0.6) is 0 Å². The number of amides is 2. The Morgan fingerprint density at radius 2 is 1.64 bits per heavy atom. The maximum Gasteiger partial charge on any atom is 0.328 e. The fraction of sp³-hybridized carbons (Fsp3) is 0.474. The normalized spacial score (nSPS) is 13.6. The highest BCUT2D eigenvalue weighted by molar-refractivity contribution is 5.90. The highest BCUT2D eigenvalue weighted by Gasteiger charge is 2.32. The summed E-state index contributed by atoms with van der Waals surface area (Å²) in [5, 5.41) is 5.03. The topological polar surface area (TPSA) is 111 Å². The van der Waals surface area contributed by atoms with Gasteiger partial charge in [0.05, 0.1) is 20.6 Å². The van der Waals surface area contributed by atoms with E-state index < -0.39 is 47.6 Å². The number of esters is 2. The second-order valence-corrected chi connectivity index (χ2v) is 6.35. The van der Waals surface area contributed by atoms with Crippen LogP contribution in [0.3, 0.4) is 0 Å². The number of nitrogens with one attached hydrogen (secondary N) is 2. The van der Waals surface area contributed by atoms with Crippen LogP contribution in [0.25, 0.3) is 0 Å². The summed E-state index contributed by atoms with van der Waals surface area (Å²) in [6, 6.07) is 3.37. The van der Waals surface area contributed by atoms with Crippen molar-refractivity contribution in [3.05, 3.63) is 35.6 Å². The van der Waals surface area contributed by atoms with E-state index >= 15 is 0 Å². The van der Waals surface area contributed by atoms with Gasteiger partial charge in [-0.1, -0.05) is 19.1 Å². The standard InChI is InChI=1S/C19H25FN2O6/c1-11(9-16(24)27-3)17(19(26)28-4)22-18(25)15(21-12(2)23)10-13-5-7-14(20)8-6-13/h5-8,11,15,17H,9-10H2,1-4H3,(H,21,23)(H,22,25)/t11-,15-,17-/m1/s1. The molecule has 0 heterocycles. The van der Waals surface area contributed by atoms with Crippen molar-refractivity contribution in [2.75, 3.05) is 14.2 Å². The van der Waals surface area contributed by atoms with Crippen molar-refractivity contribution in [1.29, 1.82) is 0 Å². The quantitative estimate of drug-likeness (QED) is 0.596. The third kappa shape index (κ3) is 7.34. The molecule has 0 saturated heterocycles. The largest absolute Gasteiger partial charge is 0.469 e. The van der Waals surface area contributed by atoms with Crippen LogP contribution in [-0.2, 0) is 35.1 Å². The van der Waals surface area contributed by atoms with Gasteiger partial charge in [-0.3, -0.25) is 14.4 Å². The lowest BCUT2D eigenvalue weighted by Gasteiger charge is -2.25. The molecule has 0 saturated carbocycles. The summed E-state index contributed by atoms with van der Waals surface area (Å²) < 4.78 is 22.4. The maximum atomic E-state index is 13.1. The van der Waals surface area contributed by atoms with Crippen molar-refractivity contribution in [3.63, 3.8) is 0 Å². The van der Waals surface area contributed by atoms with E-state index in [4.69, 9.17) is 4.74 Å². The number of methoxy groups -OCH3 is 2. The average molecular weight is 396 g/mol. The molecule has 154 valence electrons. The molecule has 28 heavy (non-hydrogen) atoms. The molecule has 1 aromatic carbocycles. The highest BCUT2D eigenvalue weighted by atomic mass is 19.1. The summed E-state index contributed by atoms with van der Waals surface area (Å²) in [5.74, 6) is -3.38. The van der Waals surface area contributed by atoms with Gasteiger partial charge in [0, 0.05) is 13.3 Å². The molecule has 9 heteroatoms. The predicted molar refractivity (Wildman–Crippen MR) is 97.5 cm³/mol. The molecule has 0 radical (unpaired) electrons. The molecule has 1 rings (SSSR count). The van der Waals surface area contributed by atoms with E-state index in [9.17, 15) is 23.6 Å². The van der Waals surface area contributed by atoms with E-state index in [1.165, 1.54) is 38.3 Å².